The van der Waals surface area contributed by atoms with E-state index in [4.69, 9.17) is 0 Å². The number of hydrogen-bond donors (Lipinski definition) is 0. The lowest BCUT2D eigenvalue weighted by atomic mass is 10.1. The predicted molar refractivity (Wildman–Crippen MR) is 32.6 cm³/mol. The Morgan fingerprint density at radius 3 is 2.00 bits per heavy atom. The molecule has 0 bridgehead atoms. The van der Waals surface area contributed by atoms with Crippen molar-refractivity contribution in [1.29, 1.82) is 0 Å². The molecule has 0 amide bonds. The Hall–Kier alpha value is -0.210. The van der Waals surface area contributed by atoms with Gasteiger partial charge in [0.2, 0.25) is 0 Å². The third-order valence-electron chi connectivity index (χ3n) is 2.16. The number of halogens is 3. The van der Waals surface area contributed by atoms with E-state index in [0.717, 1.165) is 6.42 Å². The first kappa shape index (κ1) is 7.89. The van der Waals surface area contributed by atoms with Gasteiger partial charge in [-0.05, 0) is 18.8 Å². The number of hydrogen-bond acceptors (Lipinski definition) is 0. The van der Waals surface area contributed by atoms with Crippen LogP contribution in [0.15, 0.2) is 0 Å². The lowest BCUT2D eigenvalue weighted by Gasteiger charge is -2.13. The maximum absolute atomic E-state index is 11.9. The highest BCUT2D eigenvalue weighted by molar-refractivity contribution is 4.77. The van der Waals surface area contributed by atoms with E-state index in [0.29, 0.717) is 12.8 Å². The van der Waals surface area contributed by atoms with Gasteiger partial charge in [-0.3, -0.25) is 0 Å². The molecule has 0 saturated heterocycles. The predicted octanol–water partition coefficient (Wildman–Crippen LogP) is 2.98. The smallest absolute Gasteiger partial charge is 0.171 e. The van der Waals surface area contributed by atoms with Gasteiger partial charge in [-0.2, -0.15) is 13.2 Å². The van der Waals surface area contributed by atoms with Gasteiger partial charge in [0.1, 0.15) is 0 Å². The Bertz CT molecular complexity index is 117. The minimum absolute atomic E-state index is 0.270. The summed E-state index contributed by atoms with van der Waals surface area (Å²) in [6.45, 7) is 1.88. The maximum atomic E-state index is 11.9. The second-order valence-corrected chi connectivity index (χ2v) is 3.16. The van der Waals surface area contributed by atoms with E-state index in [-0.39, 0.29) is 5.92 Å². The third kappa shape index (κ3) is 1.64. The molecule has 0 aromatic rings. The Morgan fingerprint density at radius 2 is 1.80 bits per heavy atom. The van der Waals surface area contributed by atoms with Crippen LogP contribution in [-0.4, -0.2) is 6.18 Å². The summed E-state index contributed by atoms with van der Waals surface area (Å²) in [7, 11) is 0. The van der Waals surface area contributed by atoms with Gasteiger partial charge in [0.25, 0.3) is 0 Å². The van der Waals surface area contributed by atoms with Gasteiger partial charge in [-0.15, -0.1) is 0 Å². The van der Waals surface area contributed by atoms with Crippen molar-refractivity contribution in [1.82, 2.24) is 0 Å². The second kappa shape index (κ2) is 2.44. The van der Waals surface area contributed by atoms with Crippen molar-refractivity contribution in [3.63, 3.8) is 0 Å². The average Bonchev–Trinajstić information content (AvgIpc) is 2.11. The molecule has 0 N–H and O–H groups in total. The molecular weight excluding hydrogens is 141 g/mol. The molecule has 60 valence electrons. The van der Waals surface area contributed by atoms with Crippen molar-refractivity contribution in [2.24, 2.45) is 11.8 Å². The van der Waals surface area contributed by atoms with E-state index in [2.05, 4.69) is 0 Å². The minimum atomic E-state index is -3.94. The lowest BCUT2D eigenvalue weighted by molar-refractivity contribution is -0.173. The quantitative estimate of drug-likeness (QED) is 0.500. The molecule has 0 aliphatic heterocycles. The molecule has 1 rings (SSSR count). The molecule has 1 aliphatic carbocycles. The third-order valence-corrected chi connectivity index (χ3v) is 2.16. The van der Waals surface area contributed by atoms with Crippen molar-refractivity contribution in [2.45, 2.75) is 32.4 Å². The van der Waals surface area contributed by atoms with Crippen molar-refractivity contribution < 1.29 is 13.2 Å². The topological polar surface area (TPSA) is 0 Å². The summed E-state index contributed by atoms with van der Waals surface area (Å²) in [5.41, 5.74) is 0. The highest BCUT2D eigenvalue weighted by atomic mass is 19.4. The summed E-state index contributed by atoms with van der Waals surface area (Å²) in [6.07, 6.45) is -2.52. The van der Waals surface area contributed by atoms with Gasteiger partial charge in [-0.25, -0.2) is 0 Å². The first-order valence-corrected chi connectivity index (χ1v) is 3.57. The van der Waals surface area contributed by atoms with Crippen LogP contribution < -0.4 is 0 Å². The Labute approximate surface area is 58.4 Å². The summed E-state index contributed by atoms with van der Waals surface area (Å²) in [5.74, 6) is -0.742. The van der Waals surface area contributed by atoms with Crippen LogP contribution in [0.25, 0.3) is 0 Å². The fourth-order valence-corrected chi connectivity index (χ4v) is 1.50. The fourth-order valence-electron chi connectivity index (χ4n) is 1.50. The van der Waals surface area contributed by atoms with Crippen molar-refractivity contribution in [3.05, 3.63) is 0 Å². The number of alkyl halides is 3. The molecule has 1 saturated carbocycles. The van der Waals surface area contributed by atoms with E-state index < -0.39 is 12.1 Å². The summed E-state index contributed by atoms with van der Waals surface area (Å²) in [5, 5.41) is 0. The average molecular weight is 152 g/mol. The zero-order valence-electron chi connectivity index (χ0n) is 5.91. The zero-order chi connectivity index (χ0) is 7.78. The molecule has 1 aliphatic rings. The Morgan fingerprint density at radius 1 is 1.20 bits per heavy atom. The van der Waals surface area contributed by atoms with Gasteiger partial charge in [0.15, 0.2) is 0 Å². The molecule has 0 spiro atoms. The van der Waals surface area contributed by atoms with E-state index in [1.54, 1.807) is 0 Å². The fraction of sp³-hybridized carbons (Fsp3) is 1.00. The molecule has 1 unspecified atom stereocenters. The van der Waals surface area contributed by atoms with Crippen molar-refractivity contribution in [3.8, 4) is 0 Å². The molecule has 1 fully saturated rings. The molecule has 0 radical (unpaired) electrons. The van der Waals surface area contributed by atoms with Crippen LogP contribution in [0.2, 0.25) is 0 Å². The van der Waals surface area contributed by atoms with E-state index in [9.17, 15) is 13.2 Å². The van der Waals surface area contributed by atoms with Crippen LogP contribution >= 0.6 is 0 Å². The van der Waals surface area contributed by atoms with Crippen LogP contribution in [0, 0.1) is 11.8 Å². The van der Waals surface area contributed by atoms with Gasteiger partial charge in [-0.1, -0.05) is 13.3 Å². The van der Waals surface area contributed by atoms with Gasteiger partial charge in [0, 0.05) is 0 Å². The monoisotopic (exact) mass is 152 g/mol. The molecule has 0 aromatic carbocycles. The van der Waals surface area contributed by atoms with E-state index >= 15 is 0 Å². The van der Waals surface area contributed by atoms with Crippen LogP contribution in [-0.2, 0) is 0 Å². The molecule has 0 nitrogen and oxygen atoms in total. The van der Waals surface area contributed by atoms with Crippen LogP contribution in [0.4, 0.5) is 13.2 Å². The van der Waals surface area contributed by atoms with Crippen LogP contribution in [0.5, 0.6) is 0 Å². The van der Waals surface area contributed by atoms with Gasteiger partial charge in [0.05, 0.1) is 5.92 Å². The minimum Gasteiger partial charge on any atom is -0.171 e. The summed E-state index contributed by atoms with van der Waals surface area (Å²) < 4.78 is 35.8. The highest BCUT2D eigenvalue weighted by Gasteiger charge is 2.42. The van der Waals surface area contributed by atoms with E-state index in [1.165, 1.54) is 0 Å². The second-order valence-electron chi connectivity index (χ2n) is 3.16. The Balaban J connectivity index is 2.45. The first-order valence-electron chi connectivity index (χ1n) is 3.57. The van der Waals surface area contributed by atoms with E-state index in [1.807, 2.05) is 6.92 Å². The normalized spacial score (nSPS) is 34.8. The van der Waals surface area contributed by atoms with Crippen LogP contribution in [0.3, 0.4) is 0 Å². The van der Waals surface area contributed by atoms with Crippen molar-refractivity contribution >= 4 is 0 Å². The SMILES string of the molecule is C[C@H]1CCC(C(F)(F)F)C1. The number of rotatable bonds is 0. The van der Waals surface area contributed by atoms with Gasteiger partial charge >= 0.3 is 6.18 Å². The summed E-state index contributed by atoms with van der Waals surface area (Å²) in [6, 6.07) is 0. The molecule has 0 heterocycles. The highest BCUT2D eigenvalue weighted by Crippen LogP contribution is 2.41. The standard InChI is InChI=1S/C7H11F3/c1-5-2-3-6(4-5)7(8,9)10/h5-6H,2-4H2,1H3/t5-,6?/m0/s1. The summed E-state index contributed by atoms with van der Waals surface area (Å²) in [4.78, 5) is 0. The first-order chi connectivity index (χ1) is 4.50. The molecule has 10 heavy (non-hydrogen) atoms. The molecule has 2 atom stereocenters. The molecule has 3 heteroatoms. The molecule has 0 aromatic heterocycles. The largest absolute Gasteiger partial charge is 0.391 e. The van der Waals surface area contributed by atoms with Crippen LogP contribution in [0.1, 0.15) is 26.2 Å². The Kier molecular flexibility index (Phi) is 1.92. The maximum Gasteiger partial charge on any atom is 0.391 e. The zero-order valence-corrected chi connectivity index (χ0v) is 5.91. The molecular formula is C7H11F3. The van der Waals surface area contributed by atoms with Gasteiger partial charge < -0.3 is 0 Å². The summed E-state index contributed by atoms with van der Waals surface area (Å²) >= 11 is 0. The lowest BCUT2D eigenvalue weighted by Crippen LogP contribution is -2.19. The van der Waals surface area contributed by atoms with Crippen molar-refractivity contribution in [2.75, 3.05) is 0 Å².